The maximum Gasteiger partial charge on any atom is 0.324 e. The van der Waals surface area contributed by atoms with Crippen LogP contribution in [0.25, 0.3) is 0 Å². The van der Waals surface area contributed by atoms with Crippen molar-refractivity contribution in [2.24, 2.45) is 28.6 Å². The molecule has 4 N–H and O–H groups in total. The third-order valence-electron chi connectivity index (χ3n) is 10.1. The van der Waals surface area contributed by atoms with E-state index in [-0.39, 0.29) is 36.4 Å². The van der Waals surface area contributed by atoms with E-state index in [2.05, 4.69) is 6.92 Å². The molecule has 4 rings (SSSR count). The first-order valence-electron chi connectivity index (χ1n) is 12.9. The van der Waals surface area contributed by atoms with Crippen LogP contribution in [0.5, 0.6) is 0 Å². The SMILES string of the molecule is CCN(CC)C(C(=O)O)C(O)C(=O)[C@@]1(O)CC[C@H]2[C@@H]3CCC4=CC(=O)C=C[C@]4(C)[C@H]3[C@@H](O)C[C@@]21C. The van der Waals surface area contributed by atoms with Gasteiger partial charge in [-0.15, -0.1) is 0 Å². The molecule has 3 fully saturated rings. The van der Waals surface area contributed by atoms with E-state index in [1.807, 2.05) is 13.0 Å². The Labute approximate surface area is 206 Å². The summed E-state index contributed by atoms with van der Waals surface area (Å²) in [7, 11) is 0. The lowest BCUT2D eigenvalue weighted by molar-refractivity contribution is -0.186. The zero-order valence-electron chi connectivity index (χ0n) is 21.1. The van der Waals surface area contributed by atoms with Crippen molar-refractivity contribution in [1.82, 2.24) is 4.90 Å². The van der Waals surface area contributed by atoms with Gasteiger partial charge in [0.2, 0.25) is 0 Å². The minimum atomic E-state index is -1.93. The normalized spacial score (nSPS) is 42.1. The number of Topliss-reactive ketones (excluding diaryl/α,β-unsaturated/α-hetero) is 1. The highest BCUT2D eigenvalue weighted by molar-refractivity contribution is 6.01. The van der Waals surface area contributed by atoms with Gasteiger partial charge in [-0.1, -0.05) is 39.3 Å². The van der Waals surface area contributed by atoms with Crippen LogP contribution >= 0.6 is 0 Å². The number of carbonyl (C=O) groups is 3. The lowest BCUT2D eigenvalue weighted by atomic mass is 9.46. The summed E-state index contributed by atoms with van der Waals surface area (Å²) in [5.41, 5.74) is -2.36. The second-order valence-electron chi connectivity index (χ2n) is 11.4. The fourth-order valence-electron chi connectivity index (χ4n) is 8.23. The van der Waals surface area contributed by atoms with Gasteiger partial charge in [-0.3, -0.25) is 19.3 Å². The number of rotatable bonds is 7. The summed E-state index contributed by atoms with van der Waals surface area (Å²) in [5, 5.41) is 44.1. The van der Waals surface area contributed by atoms with Crippen molar-refractivity contribution in [3.63, 3.8) is 0 Å². The zero-order valence-corrected chi connectivity index (χ0v) is 21.1. The summed E-state index contributed by atoms with van der Waals surface area (Å²) >= 11 is 0. The highest BCUT2D eigenvalue weighted by Crippen LogP contribution is 2.67. The molecular weight excluding hydrogens is 450 g/mol. The van der Waals surface area contributed by atoms with Gasteiger partial charge in [0.05, 0.1) is 6.10 Å². The van der Waals surface area contributed by atoms with Crippen LogP contribution < -0.4 is 0 Å². The molecule has 0 saturated heterocycles. The smallest absolute Gasteiger partial charge is 0.324 e. The van der Waals surface area contributed by atoms with Crippen molar-refractivity contribution in [3.8, 4) is 0 Å². The van der Waals surface area contributed by atoms with Crippen molar-refractivity contribution in [2.75, 3.05) is 13.1 Å². The van der Waals surface area contributed by atoms with Gasteiger partial charge in [0.1, 0.15) is 17.7 Å². The van der Waals surface area contributed by atoms with Crippen molar-refractivity contribution in [1.29, 1.82) is 0 Å². The fraction of sp³-hybridized carbons (Fsp3) is 0.741. The molecule has 0 aromatic rings. The summed E-state index contributed by atoms with van der Waals surface area (Å²) in [4.78, 5) is 39.2. The molecule has 2 unspecified atom stereocenters. The molecular formula is C27H39NO7. The van der Waals surface area contributed by atoms with E-state index in [9.17, 15) is 34.8 Å². The van der Waals surface area contributed by atoms with Gasteiger partial charge in [0.25, 0.3) is 0 Å². The van der Waals surface area contributed by atoms with Crippen molar-refractivity contribution < 1.29 is 34.8 Å². The number of carbonyl (C=O) groups excluding carboxylic acids is 2. The Morgan fingerprint density at radius 2 is 1.86 bits per heavy atom. The van der Waals surface area contributed by atoms with Crippen LogP contribution in [0.15, 0.2) is 23.8 Å². The van der Waals surface area contributed by atoms with E-state index >= 15 is 0 Å². The minimum absolute atomic E-state index is 0.0285. The van der Waals surface area contributed by atoms with Gasteiger partial charge in [-0.2, -0.15) is 0 Å². The van der Waals surface area contributed by atoms with E-state index in [4.69, 9.17) is 0 Å². The first-order chi connectivity index (χ1) is 16.4. The summed E-state index contributed by atoms with van der Waals surface area (Å²) in [6, 6.07) is -1.45. The van der Waals surface area contributed by atoms with Gasteiger partial charge < -0.3 is 20.4 Å². The predicted molar refractivity (Wildman–Crippen MR) is 128 cm³/mol. The Bertz CT molecular complexity index is 971. The summed E-state index contributed by atoms with van der Waals surface area (Å²) in [6.07, 6.45) is 4.76. The third-order valence-corrected chi connectivity index (χ3v) is 10.1. The molecule has 0 spiro atoms. The molecule has 4 aliphatic rings. The second-order valence-corrected chi connectivity index (χ2v) is 11.4. The van der Waals surface area contributed by atoms with Crippen LogP contribution in [0.3, 0.4) is 0 Å². The van der Waals surface area contributed by atoms with E-state index in [0.717, 1.165) is 12.0 Å². The monoisotopic (exact) mass is 489 g/mol. The standard InChI is InChI=1S/C27H39NO7/c1-5-28(6-2)21(24(33)34)22(31)23(32)27(35)12-10-18-17-8-7-15-13-16(29)9-11-25(15,3)20(17)19(30)14-26(18,27)4/h9,11,13,17-22,30-31,35H,5-8,10,12,14H2,1-4H3,(H,33,34)/t17-,18-,19-,20+,21?,22?,25-,26-,27-/m0/s1. The Kier molecular flexibility index (Phi) is 6.67. The highest BCUT2D eigenvalue weighted by atomic mass is 16.4. The molecule has 0 aromatic heterocycles. The van der Waals surface area contributed by atoms with Gasteiger partial charge in [0, 0.05) is 16.7 Å². The molecule has 9 atom stereocenters. The number of hydrogen-bond acceptors (Lipinski definition) is 7. The van der Waals surface area contributed by atoms with E-state index < -0.39 is 46.4 Å². The van der Waals surface area contributed by atoms with E-state index in [1.54, 1.807) is 26.0 Å². The number of aliphatic carboxylic acids is 1. The summed E-state index contributed by atoms with van der Waals surface area (Å²) in [5.74, 6) is -2.39. The average molecular weight is 490 g/mol. The van der Waals surface area contributed by atoms with Crippen molar-refractivity contribution in [3.05, 3.63) is 23.8 Å². The Hall–Kier alpha value is -1.87. The Morgan fingerprint density at radius 1 is 1.20 bits per heavy atom. The Morgan fingerprint density at radius 3 is 2.46 bits per heavy atom. The molecule has 194 valence electrons. The molecule has 0 radical (unpaired) electrons. The number of aliphatic hydroxyl groups excluding tert-OH is 2. The lowest BCUT2D eigenvalue weighted by Crippen LogP contribution is -2.65. The third kappa shape index (κ3) is 3.67. The number of hydrogen-bond donors (Lipinski definition) is 4. The van der Waals surface area contributed by atoms with Crippen LogP contribution in [0.2, 0.25) is 0 Å². The summed E-state index contributed by atoms with van der Waals surface area (Å²) in [6.45, 7) is 8.06. The zero-order chi connectivity index (χ0) is 25.9. The van der Waals surface area contributed by atoms with Gasteiger partial charge in [-0.25, -0.2) is 0 Å². The van der Waals surface area contributed by atoms with Crippen LogP contribution in [-0.2, 0) is 14.4 Å². The highest BCUT2D eigenvalue weighted by Gasteiger charge is 2.69. The van der Waals surface area contributed by atoms with Gasteiger partial charge in [0.15, 0.2) is 11.6 Å². The predicted octanol–water partition coefficient (Wildman–Crippen LogP) is 1.72. The van der Waals surface area contributed by atoms with Crippen LogP contribution in [0.1, 0.15) is 59.8 Å². The quantitative estimate of drug-likeness (QED) is 0.425. The second kappa shape index (κ2) is 8.91. The number of fused-ring (bicyclic) bond motifs is 5. The molecule has 3 saturated carbocycles. The first-order valence-corrected chi connectivity index (χ1v) is 12.9. The molecule has 8 heteroatoms. The van der Waals surface area contributed by atoms with Crippen LogP contribution in [0.4, 0.5) is 0 Å². The van der Waals surface area contributed by atoms with Gasteiger partial charge >= 0.3 is 5.97 Å². The molecule has 0 aromatic carbocycles. The number of nitrogens with zero attached hydrogens (tertiary/aromatic N) is 1. The lowest BCUT2D eigenvalue weighted by Gasteiger charge is -2.59. The molecule has 0 aliphatic heterocycles. The molecule has 4 aliphatic carbocycles. The number of ketones is 2. The van der Waals surface area contributed by atoms with E-state index in [0.29, 0.717) is 25.9 Å². The van der Waals surface area contributed by atoms with Crippen LogP contribution in [-0.4, -0.2) is 79.8 Å². The first kappa shape index (κ1) is 26.2. The molecule has 0 heterocycles. The van der Waals surface area contributed by atoms with Gasteiger partial charge in [-0.05, 0) is 69.2 Å². The molecule has 0 bridgehead atoms. The number of carboxylic acid groups (broad SMARTS) is 1. The Balaban J connectivity index is 1.67. The van der Waals surface area contributed by atoms with Crippen LogP contribution in [0, 0.1) is 28.6 Å². The van der Waals surface area contributed by atoms with E-state index in [1.165, 1.54) is 4.90 Å². The molecule has 0 amide bonds. The van der Waals surface area contributed by atoms with Crippen molar-refractivity contribution >= 4 is 17.5 Å². The average Bonchev–Trinajstić information content (AvgIpc) is 3.07. The largest absolute Gasteiger partial charge is 0.480 e. The van der Waals surface area contributed by atoms with Crippen molar-refractivity contribution in [2.45, 2.75) is 83.6 Å². The molecule has 8 nitrogen and oxygen atoms in total. The minimum Gasteiger partial charge on any atom is -0.480 e. The summed E-state index contributed by atoms with van der Waals surface area (Å²) < 4.78 is 0. The maximum atomic E-state index is 13.7. The topological polar surface area (TPSA) is 135 Å². The molecule has 35 heavy (non-hydrogen) atoms. The fourth-order valence-corrected chi connectivity index (χ4v) is 8.23. The number of carboxylic acids is 1. The maximum absolute atomic E-state index is 13.7. The number of aliphatic hydroxyl groups is 3. The number of allylic oxidation sites excluding steroid dienone is 4. The number of likely N-dealkylation sites (N-methyl/N-ethyl adjacent to an activating group) is 1.